The van der Waals surface area contributed by atoms with Crippen molar-refractivity contribution in [2.75, 3.05) is 53.0 Å². The molecule has 1 fully saturated rings. The van der Waals surface area contributed by atoms with Crippen LogP contribution in [0.1, 0.15) is 5.56 Å². The molecule has 7 heteroatoms. The first kappa shape index (κ1) is 18.2. The lowest BCUT2D eigenvalue weighted by molar-refractivity contribution is 0.0389. The van der Waals surface area contributed by atoms with E-state index in [0.29, 0.717) is 4.47 Å². The molecule has 2 N–H and O–H groups in total. The minimum atomic E-state index is -0.234. The fourth-order valence-corrected chi connectivity index (χ4v) is 2.82. The second-order valence-electron chi connectivity index (χ2n) is 5.38. The Hall–Kier alpha value is -1.18. The van der Waals surface area contributed by atoms with Crippen molar-refractivity contribution in [3.05, 3.63) is 34.1 Å². The van der Waals surface area contributed by atoms with Gasteiger partial charge in [0.05, 0.1) is 17.7 Å². The van der Waals surface area contributed by atoms with Crippen LogP contribution in [0.15, 0.2) is 27.7 Å². The van der Waals surface area contributed by atoms with Crippen molar-refractivity contribution < 1.29 is 9.13 Å². The summed E-state index contributed by atoms with van der Waals surface area (Å²) >= 11 is 3.21. The van der Waals surface area contributed by atoms with Crippen LogP contribution >= 0.6 is 15.9 Å². The molecule has 1 aliphatic heterocycles. The average molecular weight is 387 g/mol. The second kappa shape index (κ2) is 9.85. The zero-order chi connectivity index (χ0) is 16.5. The Kier molecular flexibility index (Phi) is 7.78. The van der Waals surface area contributed by atoms with Crippen molar-refractivity contribution >= 4 is 21.9 Å². The van der Waals surface area contributed by atoms with E-state index in [0.717, 1.165) is 63.9 Å². The lowest BCUT2D eigenvalue weighted by atomic mass is 10.1. The van der Waals surface area contributed by atoms with Gasteiger partial charge in [-0.3, -0.25) is 9.89 Å². The number of guanidine groups is 1. The van der Waals surface area contributed by atoms with Crippen LogP contribution in [-0.4, -0.2) is 63.8 Å². The molecule has 0 aliphatic carbocycles. The Balaban J connectivity index is 1.65. The van der Waals surface area contributed by atoms with Gasteiger partial charge in [0.2, 0.25) is 0 Å². The number of hydrogen-bond acceptors (Lipinski definition) is 3. The largest absolute Gasteiger partial charge is 0.379 e. The van der Waals surface area contributed by atoms with Crippen LogP contribution < -0.4 is 10.6 Å². The summed E-state index contributed by atoms with van der Waals surface area (Å²) in [5, 5.41) is 6.59. The van der Waals surface area contributed by atoms with Gasteiger partial charge < -0.3 is 15.4 Å². The predicted molar refractivity (Wildman–Crippen MR) is 94.4 cm³/mol. The van der Waals surface area contributed by atoms with Crippen molar-refractivity contribution in [3.63, 3.8) is 0 Å². The van der Waals surface area contributed by atoms with Crippen LogP contribution in [0.3, 0.4) is 0 Å². The fraction of sp³-hybridized carbons (Fsp3) is 0.562. The Morgan fingerprint density at radius 3 is 2.74 bits per heavy atom. The normalized spacial score (nSPS) is 16.4. The van der Waals surface area contributed by atoms with E-state index in [-0.39, 0.29) is 5.82 Å². The summed E-state index contributed by atoms with van der Waals surface area (Å²) in [6.45, 7) is 6.20. The molecule has 1 aromatic rings. The number of nitrogens with one attached hydrogen (secondary N) is 2. The van der Waals surface area contributed by atoms with Crippen molar-refractivity contribution in [2.45, 2.75) is 6.42 Å². The number of morpholine rings is 1. The molecule has 0 spiro atoms. The first-order valence-electron chi connectivity index (χ1n) is 7.87. The third-order valence-electron chi connectivity index (χ3n) is 3.74. The molecule has 1 heterocycles. The number of halogens is 2. The maximum atomic E-state index is 13.2. The molecule has 0 amide bonds. The van der Waals surface area contributed by atoms with Gasteiger partial charge in [0.25, 0.3) is 0 Å². The summed E-state index contributed by atoms with van der Waals surface area (Å²) in [7, 11) is 1.76. The molecule has 2 rings (SSSR count). The van der Waals surface area contributed by atoms with Crippen molar-refractivity contribution in [3.8, 4) is 0 Å². The van der Waals surface area contributed by atoms with Gasteiger partial charge in [-0.25, -0.2) is 4.39 Å². The van der Waals surface area contributed by atoms with E-state index in [1.165, 1.54) is 6.07 Å². The maximum Gasteiger partial charge on any atom is 0.191 e. The summed E-state index contributed by atoms with van der Waals surface area (Å²) < 4.78 is 19.0. The van der Waals surface area contributed by atoms with E-state index in [9.17, 15) is 4.39 Å². The SMILES string of the molecule is CN=C(NCCc1ccc(F)c(Br)c1)NCCN1CCOCC1. The quantitative estimate of drug-likeness (QED) is 0.576. The van der Waals surface area contributed by atoms with Crippen molar-refractivity contribution in [1.82, 2.24) is 15.5 Å². The number of hydrogen-bond donors (Lipinski definition) is 2. The Morgan fingerprint density at radius 1 is 1.30 bits per heavy atom. The van der Waals surface area contributed by atoms with Gasteiger partial charge in [-0.15, -0.1) is 0 Å². The van der Waals surface area contributed by atoms with Gasteiger partial charge in [0.15, 0.2) is 5.96 Å². The summed E-state index contributed by atoms with van der Waals surface area (Å²) in [5.41, 5.74) is 1.08. The van der Waals surface area contributed by atoms with Gasteiger partial charge in [0, 0.05) is 39.8 Å². The summed E-state index contributed by atoms with van der Waals surface area (Å²) in [5.74, 6) is 0.557. The molecule has 23 heavy (non-hydrogen) atoms. The molecule has 1 aliphatic rings. The molecule has 0 bridgehead atoms. The highest BCUT2D eigenvalue weighted by Gasteiger charge is 2.09. The molecule has 5 nitrogen and oxygen atoms in total. The molecule has 0 aromatic heterocycles. The van der Waals surface area contributed by atoms with E-state index in [2.05, 4.69) is 36.5 Å². The zero-order valence-electron chi connectivity index (χ0n) is 13.4. The smallest absolute Gasteiger partial charge is 0.191 e. The molecular weight excluding hydrogens is 363 g/mol. The first-order chi connectivity index (χ1) is 11.2. The fourth-order valence-electron chi connectivity index (χ4n) is 2.40. The minimum absolute atomic E-state index is 0.234. The molecule has 1 saturated heterocycles. The van der Waals surface area contributed by atoms with Gasteiger partial charge in [-0.05, 0) is 40.0 Å². The van der Waals surface area contributed by atoms with Gasteiger partial charge >= 0.3 is 0 Å². The van der Waals surface area contributed by atoms with Crippen LogP contribution in [0.25, 0.3) is 0 Å². The standard InChI is InChI=1S/C16H24BrFN4O/c1-19-16(21-6-7-22-8-10-23-11-9-22)20-5-4-13-2-3-15(18)14(17)12-13/h2-3,12H,4-11H2,1H3,(H2,19,20,21). The highest BCUT2D eigenvalue weighted by Crippen LogP contribution is 2.16. The van der Waals surface area contributed by atoms with E-state index < -0.39 is 0 Å². The second-order valence-corrected chi connectivity index (χ2v) is 6.23. The van der Waals surface area contributed by atoms with Gasteiger partial charge in [-0.1, -0.05) is 6.07 Å². The predicted octanol–water partition coefficient (Wildman–Crippen LogP) is 1.63. The highest BCUT2D eigenvalue weighted by molar-refractivity contribution is 9.10. The Morgan fingerprint density at radius 2 is 2.04 bits per heavy atom. The number of rotatable bonds is 6. The summed E-state index contributed by atoms with van der Waals surface area (Å²) in [6.07, 6.45) is 0.809. The van der Waals surface area contributed by atoms with Crippen LogP contribution in [0, 0.1) is 5.82 Å². The van der Waals surface area contributed by atoms with E-state index in [1.54, 1.807) is 13.1 Å². The van der Waals surface area contributed by atoms with Crippen LogP contribution in [0.5, 0.6) is 0 Å². The van der Waals surface area contributed by atoms with Crippen LogP contribution in [-0.2, 0) is 11.2 Å². The summed E-state index contributed by atoms with van der Waals surface area (Å²) in [4.78, 5) is 6.59. The average Bonchev–Trinajstić information content (AvgIpc) is 2.57. The number of nitrogens with zero attached hydrogens (tertiary/aromatic N) is 2. The van der Waals surface area contributed by atoms with E-state index >= 15 is 0 Å². The molecule has 128 valence electrons. The monoisotopic (exact) mass is 386 g/mol. The lowest BCUT2D eigenvalue weighted by Crippen LogP contribution is -2.44. The van der Waals surface area contributed by atoms with Crippen LogP contribution in [0.4, 0.5) is 4.39 Å². The van der Waals surface area contributed by atoms with E-state index in [1.807, 2.05) is 6.07 Å². The third-order valence-corrected chi connectivity index (χ3v) is 4.35. The minimum Gasteiger partial charge on any atom is -0.379 e. The Labute approximate surface area is 145 Å². The molecule has 0 radical (unpaired) electrons. The lowest BCUT2D eigenvalue weighted by Gasteiger charge is -2.26. The zero-order valence-corrected chi connectivity index (χ0v) is 15.0. The third kappa shape index (κ3) is 6.45. The topological polar surface area (TPSA) is 48.9 Å². The Bertz CT molecular complexity index is 521. The molecule has 0 unspecified atom stereocenters. The number of aliphatic imine (C=N–C) groups is 1. The van der Waals surface area contributed by atoms with Crippen molar-refractivity contribution in [1.29, 1.82) is 0 Å². The molecule has 1 aromatic carbocycles. The maximum absolute atomic E-state index is 13.2. The number of benzene rings is 1. The van der Waals surface area contributed by atoms with Gasteiger partial charge in [0.1, 0.15) is 5.82 Å². The summed E-state index contributed by atoms with van der Waals surface area (Å²) in [6, 6.07) is 5.09. The van der Waals surface area contributed by atoms with Crippen molar-refractivity contribution in [2.24, 2.45) is 4.99 Å². The molecule has 0 atom stereocenters. The highest BCUT2D eigenvalue weighted by atomic mass is 79.9. The molecule has 0 saturated carbocycles. The molecular formula is C16H24BrFN4O. The van der Waals surface area contributed by atoms with E-state index in [4.69, 9.17) is 4.74 Å². The van der Waals surface area contributed by atoms with Gasteiger partial charge in [-0.2, -0.15) is 0 Å². The number of ether oxygens (including phenoxy) is 1. The van der Waals surface area contributed by atoms with Crippen LogP contribution in [0.2, 0.25) is 0 Å². The first-order valence-corrected chi connectivity index (χ1v) is 8.67.